The minimum Gasteiger partial charge on any atom is -0.481 e. The van der Waals surface area contributed by atoms with Gasteiger partial charge in [-0.25, -0.2) is 0 Å². The molecular weight excluding hydrogens is 314 g/mol. The highest BCUT2D eigenvalue weighted by Gasteiger charge is 2.18. The lowest BCUT2D eigenvalue weighted by atomic mass is 10.4. The second-order valence-electron chi connectivity index (χ2n) is 3.86. The Morgan fingerprint density at radius 3 is 2.90 bits per heavy atom. The summed E-state index contributed by atoms with van der Waals surface area (Å²) in [5.41, 5.74) is 0. The summed E-state index contributed by atoms with van der Waals surface area (Å²) in [7, 11) is 0. The topological polar surface area (TPSA) is 94.3 Å². The van der Waals surface area contributed by atoms with Gasteiger partial charge in [0.15, 0.2) is 11.0 Å². The standard InChI is InChI=1S/C12H13N3O4S2/c1-2-19-10(18)6-15-11(8-4-3-5-20-8)13-14-12(15)21-7-9(16)17/h3-5H,2,6-7H2,1H3,(H,16,17). The fourth-order valence-corrected chi connectivity index (χ4v) is 2.96. The number of hydrogen-bond donors (Lipinski definition) is 1. The van der Waals surface area contributed by atoms with Gasteiger partial charge < -0.3 is 9.84 Å². The predicted molar refractivity (Wildman–Crippen MR) is 78.3 cm³/mol. The van der Waals surface area contributed by atoms with Crippen LogP contribution in [-0.4, -0.2) is 44.2 Å². The van der Waals surface area contributed by atoms with Crippen LogP contribution in [0.5, 0.6) is 0 Å². The molecule has 0 aliphatic carbocycles. The van der Waals surface area contributed by atoms with E-state index in [9.17, 15) is 9.59 Å². The summed E-state index contributed by atoms with van der Waals surface area (Å²) in [6, 6.07) is 3.73. The van der Waals surface area contributed by atoms with E-state index in [0.29, 0.717) is 11.0 Å². The second-order valence-corrected chi connectivity index (χ2v) is 5.75. The van der Waals surface area contributed by atoms with Crippen LogP contribution in [0.1, 0.15) is 6.92 Å². The lowest BCUT2D eigenvalue weighted by Crippen LogP contribution is -2.15. The fourth-order valence-electron chi connectivity index (χ4n) is 1.59. The summed E-state index contributed by atoms with van der Waals surface area (Å²) in [6.07, 6.45) is 0. The summed E-state index contributed by atoms with van der Waals surface area (Å²) >= 11 is 2.49. The van der Waals surface area contributed by atoms with Crippen LogP contribution in [0.25, 0.3) is 10.7 Å². The van der Waals surface area contributed by atoms with Crippen LogP contribution in [0.3, 0.4) is 0 Å². The molecule has 0 atom stereocenters. The number of nitrogens with zero attached hydrogens (tertiary/aromatic N) is 3. The number of carbonyl (C=O) groups excluding carboxylic acids is 1. The van der Waals surface area contributed by atoms with Crippen LogP contribution in [0, 0.1) is 0 Å². The lowest BCUT2D eigenvalue weighted by Gasteiger charge is -2.08. The summed E-state index contributed by atoms with van der Waals surface area (Å²) < 4.78 is 6.51. The molecule has 0 amide bonds. The molecule has 0 aliphatic rings. The SMILES string of the molecule is CCOC(=O)Cn1c(SCC(=O)O)nnc1-c1cccs1. The molecule has 0 fully saturated rings. The number of thioether (sulfide) groups is 1. The zero-order valence-electron chi connectivity index (χ0n) is 11.2. The molecule has 112 valence electrons. The number of hydrogen-bond acceptors (Lipinski definition) is 7. The molecule has 9 heteroatoms. The molecule has 0 saturated carbocycles. The van der Waals surface area contributed by atoms with Crippen LogP contribution >= 0.6 is 23.1 Å². The van der Waals surface area contributed by atoms with Crippen molar-refractivity contribution in [3.63, 3.8) is 0 Å². The van der Waals surface area contributed by atoms with E-state index in [2.05, 4.69) is 10.2 Å². The molecule has 2 rings (SSSR count). The smallest absolute Gasteiger partial charge is 0.326 e. The van der Waals surface area contributed by atoms with E-state index in [-0.39, 0.29) is 18.9 Å². The van der Waals surface area contributed by atoms with Crippen LogP contribution < -0.4 is 0 Å². The van der Waals surface area contributed by atoms with Crippen LogP contribution in [-0.2, 0) is 20.9 Å². The largest absolute Gasteiger partial charge is 0.481 e. The fraction of sp³-hybridized carbons (Fsp3) is 0.333. The summed E-state index contributed by atoms with van der Waals surface area (Å²) in [4.78, 5) is 23.2. The number of aromatic nitrogens is 3. The molecular formula is C12H13N3O4S2. The summed E-state index contributed by atoms with van der Waals surface area (Å²) in [5.74, 6) is -0.979. The first-order chi connectivity index (χ1) is 10.1. The first-order valence-electron chi connectivity index (χ1n) is 6.09. The van der Waals surface area contributed by atoms with E-state index < -0.39 is 11.9 Å². The molecule has 0 unspecified atom stereocenters. The van der Waals surface area contributed by atoms with Gasteiger partial charge in [-0.2, -0.15) is 0 Å². The average molecular weight is 327 g/mol. The Morgan fingerprint density at radius 1 is 1.48 bits per heavy atom. The van der Waals surface area contributed by atoms with E-state index >= 15 is 0 Å². The zero-order valence-corrected chi connectivity index (χ0v) is 12.8. The molecule has 2 aromatic rings. The lowest BCUT2D eigenvalue weighted by molar-refractivity contribution is -0.144. The van der Waals surface area contributed by atoms with Crippen molar-refractivity contribution in [2.45, 2.75) is 18.6 Å². The van der Waals surface area contributed by atoms with Gasteiger partial charge in [-0.3, -0.25) is 14.2 Å². The number of carboxylic acid groups (broad SMARTS) is 1. The van der Waals surface area contributed by atoms with E-state index in [0.717, 1.165) is 16.6 Å². The predicted octanol–water partition coefficient (Wildman–Crippen LogP) is 1.75. The van der Waals surface area contributed by atoms with Gasteiger partial charge in [0.05, 0.1) is 17.2 Å². The quantitative estimate of drug-likeness (QED) is 0.611. The van der Waals surface area contributed by atoms with E-state index in [1.54, 1.807) is 11.5 Å². The highest BCUT2D eigenvalue weighted by Crippen LogP contribution is 2.27. The van der Waals surface area contributed by atoms with Crippen LogP contribution in [0.15, 0.2) is 22.7 Å². The molecule has 0 bridgehead atoms. The van der Waals surface area contributed by atoms with Crippen molar-refractivity contribution in [1.29, 1.82) is 0 Å². The monoisotopic (exact) mass is 327 g/mol. The number of carboxylic acids is 1. The van der Waals surface area contributed by atoms with Crippen LogP contribution in [0.4, 0.5) is 0 Å². The normalized spacial score (nSPS) is 10.5. The minimum atomic E-state index is -0.955. The van der Waals surface area contributed by atoms with Crippen LogP contribution in [0.2, 0.25) is 0 Å². The molecule has 7 nitrogen and oxygen atoms in total. The number of ether oxygens (including phenoxy) is 1. The average Bonchev–Trinajstić information content (AvgIpc) is 3.05. The molecule has 0 aliphatic heterocycles. The highest BCUT2D eigenvalue weighted by molar-refractivity contribution is 7.99. The molecule has 2 heterocycles. The van der Waals surface area contributed by atoms with Crippen molar-refractivity contribution in [1.82, 2.24) is 14.8 Å². The Labute approximate surface area is 128 Å². The van der Waals surface area contributed by atoms with Crippen molar-refractivity contribution in [2.75, 3.05) is 12.4 Å². The van der Waals surface area contributed by atoms with Gasteiger partial charge in [0, 0.05) is 0 Å². The third-order valence-electron chi connectivity index (χ3n) is 2.38. The van der Waals surface area contributed by atoms with Gasteiger partial charge in [-0.1, -0.05) is 17.8 Å². The number of thiophene rings is 1. The maximum Gasteiger partial charge on any atom is 0.326 e. The zero-order chi connectivity index (χ0) is 15.2. The van der Waals surface area contributed by atoms with Gasteiger partial charge in [-0.05, 0) is 18.4 Å². The van der Waals surface area contributed by atoms with Gasteiger partial charge in [0.25, 0.3) is 0 Å². The first kappa shape index (κ1) is 15.5. The van der Waals surface area contributed by atoms with E-state index in [1.165, 1.54) is 11.3 Å². The molecule has 2 aromatic heterocycles. The second kappa shape index (κ2) is 7.23. The minimum absolute atomic E-state index is 0.0456. The first-order valence-corrected chi connectivity index (χ1v) is 7.95. The maximum absolute atomic E-state index is 11.7. The molecule has 0 saturated heterocycles. The third-order valence-corrected chi connectivity index (χ3v) is 4.19. The Bertz CT molecular complexity index is 624. The molecule has 1 N–H and O–H groups in total. The van der Waals surface area contributed by atoms with Gasteiger partial charge >= 0.3 is 11.9 Å². The summed E-state index contributed by atoms with van der Waals surface area (Å²) in [6.45, 7) is 1.97. The molecule has 0 radical (unpaired) electrons. The molecule has 21 heavy (non-hydrogen) atoms. The third kappa shape index (κ3) is 4.05. The van der Waals surface area contributed by atoms with Crippen molar-refractivity contribution in [3.05, 3.63) is 17.5 Å². The van der Waals surface area contributed by atoms with Crippen molar-refractivity contribution in [2.24, 2.45) is 0 Å². The highest BCUT2D eigenvalue weighted by atomic mass is 32.2. The Kier molecular flexibility index (Phi) is 5.34. The van der Waals surface area contributed by atoms with Gasteiger partial charge in [-0.15, -0.1) is 21.5 Å². The van der Waals surface area contributed by atoms with Crippen molar-refractivity contribution < 1.29 is 19.4 Å². The Hall–Kier alpha value is -1.87. The Balaban J connectivity index is 2.28. The summed E-state index contributed by atoms with van der Waals surface area (Å²) in [5, 5.41) is 19.0. The van der Waals surface area contributed by atoms with Gasteiger partial charge in [0.2, 0.25) is 0 Å². The van der Waals surface area contributed by atoms with E-state index in [1.807, 2.05) is 17.5 Å². The number of carbonyl (C=O) groups is 2. The maximum atomic E-state index is 11.7. The van der Waals surface area contributed by atoms with E-state index in [4.69, 9.17) is 9.84 Å². The number of aliphatic carboxylic acids is 1. The van der Waals surface area contributed by atoms with Crippen molar-refractivity contribution in [3.8, 4) is 10.7 Å². The molecule has 0 aromatic carbocycles. The Morgan fingerprint density at radius 2 is 2.29 bits per heavy atom. The van der Waals surface area contributed by atoms with Gasteiger partial charge in [0.1, 0.15) is 6.54 Å². The molecule has 0 spiro atoms. The van der Waals surface area contributed by atoms with Crippen molar-refractivity contribution >= 4 is 35.0 Å². The number of rotatable bonds is 7. The number of esters is 1.